The molecule has 0 atom stereocenters. The largest absolute Gasteiger partial charge is 0.383 e. The predicted octanol–water partition coefficient (Wildman–Crippen LogP) is 4.64. The van der Waals surface area contributed by atoms with Crippen LogP contribution in [0.15, 0.2) is 54.7 Å². The van der Waals surface area contributed by atoms with Gasteiger partial charge in [-0.25, -0.2) is 9.67 Å². The van der Waals surface area contributed by atoms with Crippen LogP contribution in [0, 0.1) is 0 Å². The van der Waals surface area contributed by atoms with Crippen molar-refractivity contribution in [1.29, 1.82) is 0 Å². The Labute approximate surface area is 207 Å². The second-order valence-electron chi connectivity index (χ2n) is 10.0. The van der Waals surface area contributed by atoms with Crippen LogP contribution >= 0.6 is 0 Å². The maximum Gasteiger partial charge on any atom is 0.214 e. The van der Waals surface area contributed by atoms with Gasteiger partial charge in [0.1, 0.15) is 11.6 Å². The van der Waals surface area contributed by atoms with E-state index in [0.717, 1.165) is 53.0 Å². The Morgan fingerprint density at radius 3 is 2.78 bits per heavy atom. The molecule has 3 aromatic heterocycles. The quantitative estimate of drug-likeness (QED) is 0.320. The second kappa shape index (κ2) is 7.93. The number of nitrogens with zero attached hydrogens (tertiary/aromatic N) is 4. The maximum atomic E-state index is 13.4. The number of ketones is 1. The van der Waals surface area contributed by atoms with E-state index >= 15 is 0 Å². The van der Waals surface area contributed by atoms with Gasteiger partial charge in [0.25, 0.3) is 0 Å². The summed E-state index contributed by atoms with van der Waals surface area (Å²) in [6, 6.07) is 14.1. The van der Waals surface area contributed by atoms with Gasteiger partial charge in [0.05, 0.1) is 34.2 Å². The number of likely N-dealkylation sites (N-methyl/N-ethyl adjacent to an activating group) is 1. The van der Waals surface area contributed by atoms with Crippen molar-refractivity contribution in [3.8, 4) is 5.69 Å². The average molecular weight is 478 g/mol. The van der Waals surface area contributed by atoms with Gasteiger partial charge in [-0.15, -0.1) is 0 Å². The van der Waals surface area contributed by atoms with Crippen molar-refractivity contribution >= 4 is 39.1 Å². The normalized spacial score (nSPS) is 16.6. The number of benzene rings is 2. The molecule has 8 nitrogen and oxygen atoms in total. The molecular formula is C28H27N7O. The summed E-state index contributed by atoms with van der Waals surface area (Å²) in [6.45, 7) is 2.01. The van der Waals surface area contributed by atoms with Gasteiger partial charge in [-0.3, -0.25) is 4.79 Å². The molecule has 1 saturated carbocycles. The summed E-state index contributed by atoms with van der Waals surface area (Å²) >= 11 is 0. The van der Waals surface area contributed by atoms with Gasteiger partial charge in [0.2, 0.25) is 5.78 Å². The molecule has 5 aromatic rings. The number of nitrogens with two attached hydrogens (primary N) is 1. The van der Waals surface area contributed by atoms with Crippen LogP contribution in [0.3, 0.4) is 0 Å². The summed E-state index contributed by atoms with van der Waals surface area (Å²) in [6.07, 6.45) is 7.23. The smallest absolute Gasteiger partial charge is 0.214 e. The van der Waals surface area contributed by atoms with Crippen molar-refractivity contribution in [2.24, 2.45) is 0 Å². The fourth-order valence-corrected chi connectivity index (χ4v) is 5.06. The van der Waals surface area contributed by atoms with Crippen molar-refractivity contribution in [3.05, 3.63) is 77.4 Å². The van der Waals surface area contributed by atoms with E-state index in [9.17, 15) is 4.79 Å². The summed E-state index contributed by atoms with van der Waals surface area (Å²) in [5, 5.41) is 5.43. The lowest BCUT2D eigenvalue weighted by Crippen LogP contribution is -2.23. The molecule has 0 unspecified atom stereocenters. The van der Waals surface area contributed by atoms with E-state index in [-0.39, 0.29) is 5.78 Å². The summed E-state index contributed by atoms with van der Waals surface area (Å²) in [5.74, 6) is 1.73. The topological polar surface area (TPSA) is 109 Å². The number of imidazole rings is 1. The maximum absolute atomic E-state index is 13.4. The third-order valence-corrected chi connectivity index (χ3v) is 7.39. The number of aromatic nitrogens is 5. The Balaban J connectivity index is 1.19. The minimum atomic E-state index is -0.174. The van der Waals surface area contributed by atoms with Crippen LogP contribution in [-0.4, -0.2) is 55.6 Å². The van der Waals surface area contributed by atoms with E-state index in [2.05, 4.69) is 51.3 Å². The van der Waals surface area contributed by atoms with Gasteiger partial charge >= 0.3 is 0 Å². The van der Waals surface area contributed by atoms with E-state index < -0.39 is 0 Å². The second-order valence-corrected chi connectivity index (χ2v) is 10.0. The van der Waals surface area contributed by atoms with E-state index in [1.54, 1.807) is 10.9 Å². The van der Waals surface area contributed by atoms with Crippen LogP contribution in [0.5, 0.6) is 0 Å². The summed E-state index contributed by atoms with van der Waals surface area (Å²) in [5.41, 5.74) is 13.5. The van der Waals surface area contributed by atoms with Crippen LogP contribution in [0.2, 0.25) is 0 Å². The van der Waals surface area contributed by atoms with E-state index in [1.165, 1.54) is 24.0 Å². The monoisotopic (exact) mass is 477 g/mol. The third-order valence-electron chi connectivity index (χ3n) is 7.39. The zero-order chi connectivity index (χ0) is 24.4. The van der Waals surface area contributed by atoms with Crippen molar-refractivity contribution in [1.82, 2.24) is 29.6 Å². The minimum absolute atomic E-state index is 0.174. The Morgan fingerprint density at radius 2 is 1.97 bits per heavy atom. The first-order valence-electron chi connectivity index (χ1n) is 12.4. The molecule has 36 heavy (non-hydrogen) atoms. The number of carbonyl (C=O) groups is 1. The number of carbonyl (C=O) groups excluding carboxylic acids is 1. The van der Waals surface area contributed by atoms with Gasteiger partial charge in [-0.2, -0.15) is 5.10 Å². The summed E-state index contributed by atoms with van der Waals surface area (Å²) in [7, 11) is 2.13. The van der Waals surface area contributed by atoms with E-state index in [0.29, 0.717) is 23.0 Å². The van der Waals surface area contributed by atoms with Gasteiger partial charge < -0.3 is 20.6 Å². The van der Waals surface area contributed by atoms with Crippen molar-refractivity contribution in [2.45, 2.75) is 25.2 Å². The van der Waals surface area contributed by atoms with Crippen molar-refractivity contribution < 1.29 is 4.79 Å². The molecule has 8 heteroatoms. The number of hydrogen-bond acceptors (Lipinski definition) is 5. The van der Waals surface area contributed by atoms with Crippen LogP contribution < -0.4 is 5.73 Å². The molecule has 1 aliphatic heterocycles. The molecule has 2 aliphatic rings. The van der Waals surface area contributed by atoms with E-state index in [1.807, 2.05) is 24.3 Å². The molecule has 0 bridgehead atoms. The number of aromatic amines is 2. The Bertz CT molecular complexity index is 1680. The highest BCUT2D eigenvalue weighted by Crippen LogP contribution is 2.39. The van der Waals surface area contributed by atoms with Gasteiger partial charge in [-0.1, -0.05) is 18.2 Å². The molecule has 180 valence electrons. The van der Waals surface area contributed by atoms with Crippen LogP contribution in [0.1, 0.15) is 52.6 Å². The fraction of sp³-hybridized carbons (Fsp3) is 0.250. The highest BCUT2D eigenvalue weighted by molar-refractivity contribution is 6.12. The van der Waals surface area contributed by atoms with E-state index in [4.69, 9.17) is 10.7 Å². The number of nitrogens with one attached hydrogen (secondary N) is 2. The first kappa shape index (κ1) is 21.1. The summed E-state index contributed by atoms with van der Waals surface area (Å²) in [4.78, 5) is 27.1. The zero-order valence-corrected chi connectivity index (χ0v) is 20.1. The molecule has 0 saturated heterocycles. The molecule has 4 heterocycles. The lowest BCUT2D eigenvalue weighted by Gasteiger charge is -2.22. The molecule has 4 N–H and O–H groups in total. The van der Waals surface area contributed by atoms with Crippen LogP contribution in [0.4, 0.5) is 5.82 Å². The zero-order valence-electron chi connectivity index (χ0n) is 20.1. The predicted molar refractivity (Wildman–Crippen MR) is 141 cm³/mol. The molecule has 7 rings (SSSR count). The number of nitrogen functional groups attached to an aromatic ring is 1. The fourth-order valence-electron chi connectivity index (χ4n) is 5.06. The molecule has 0 radical (unpaired) electrons. The Hall–Kier alpha value is -4.17. The lowest BCUT2D eigenvalue weighted by atomic mass is 9.99. The number of H-pyrrole nitrogens is 2. The number of fused-ring (bicyclic) bond motifs is 2. The highest BCUT2D eigenvalue weighted by Gasteiger charge is 2.27. The third kappa shape index (κ3) is 3.53. The average Bonchev–Trinajstić information content (AvgIpc) is 3.33. The Morgan fingerprint density at radius 1 is 1.08 bits per heavy atom. The molecule has 1 aliphatic carbocycles. The minimum Gasteiger partial charge on any atom is -0.383 e. The Kier molecular flexibility index (Phi) is 4.65. The summed E-state index contributed by atoms with van der Waals surface area (Å²) < 4.78 is 1.60. The molecular weight excluding hydrogens is 450 g/mol. The van der Waals surface area contributed by atoms with Crippen LogP contribution in [0.25, 0.3) is 33.2 Å². The number of rotatable bonds is 5. The SMILES string of the molecule is CN1CC=C(c2ccc3cc(C(=O)c4cnn(-c5ccc6[nH]c(C7CC7)nc6c5)c4N)[nH]c3c2)CC1. The molecule has 2 aromatic carbocycles. The highest BCUT2D eigenvalue weighted by atomic mass is 16.1. The van der Waals surface area contributed by atoms with Gasteiger partial charge in [-0.05, 0) is 67.8 Å². The number of hydrogen-bond donors (Lipinski definition) is 3. The number of anilines is 1. The van der Waals surface area contributed by atoms with Crippen molar-refractivity contribution in [3.63, 3.8) is 0 Å². The van der Waals surface area contributed by atoms with Gasteiger partial charge in [0, 0.05) is 29.9 Å². The molecule has 1 fully saturated rings. The standard InChI is InChI=1S/C28H27N7O/c1-34-10-8-16(9-11-34)18-4-5-19-13-25(31-23(19)12-18)26(36)21-15-30-35(27(21)29)20-6-7-22-24(14-20)33-28(32-22)17-2-3-17/h4-8,12-15,17,31H,2-3,9-11,29H2,1H3,(H,32,33). The lowest BCUT2D eigenvalue weighted by molar-refractivity contribution is 0.103. The molecule has 0 spiro atoms. The van der Waals surface area contributed by atoms with Gasteiger partial charge in [0.15, 0.2) is 0 Å². The first-order chi connectivity index (χ1) is 17.5. The van der Waals surface area contributed by atoms with Crippen LogP contribution in [-0.2, 0) is 0 Å². The first-order valence-corrected chi connectivity index (χ1v) is 12.4. The molecule has 0 amide bonds. The van der Waals surface area contributed by atoms with Crippen molar-refractivity contribution in [2.75, 3.05) is 25.9 Å².